The number of methoxy groups -OCH3 is 1. The molecule has 18 heavy (non-hydrogen) atoms. The summed E-state index contributed by atoms with van der Waals surface area (Å²) in [6, 6.07) is 6.16. The number of thiophene rings is 1. The van der Waals surface area contributed by atoms with Crippen LogP contribution in [0, 0.1) is 5.82 Å². The van der Waals surface area contributed by atoms with Crippen molar-refractivity contribution >= 4 is 46.1 Å². The summed E-state index contributed by atoms with van der Waals surface area (Å²) in [5.74, 6) is 0.00213. The molecular weight excluding hydrogens is 318 g/mol. The van der Waals surface area contributed by atoms with Crippen molar-refractivity contribution in [3.63, 3.8) is 0 Å². The molecule has 2 rings (SSSR count). The van der Waals surface area contributed by atoms with Gasteiger partial charge in [0, 0.05) is 17.2 Å². The van der Waals surface area contributed by atoms with Gasteiger partial charge in [0.15, 0.2) is 0 Å². The van der Waals surface area contributed by atoms with Crippen LogP contribution in [0.25, 0.3) is 0 Å². The topological polar surface area (TPSA) is 9.23 Å². The average Bonchev–Trinajstić information content (AvgIpc) is 2.67. The lowest BCUT2D eigenvalue weighted by atomic mass is 10.1. The molecule has 1 heterocycles. The minimum Gasteiger partial charge on any atom is -0.497 e. The van der Waals surface area contributed by atoms with Gasteiger partial charge in [0.2, 0.25) is 0 Å². The van der Waals surface area contributed by atoms with Crippen LogP contribution < -0.4 is 4.74 Å². The lowest BCUT2D eigenvalue weighted by Gasteiger charge is -2.11. The maximum absolute atomic E-state index is 13.9. The second-order valence-corrected chi connectivity index (χ2v) is 6.25. The minimum absolute atomic E-state index is 0.342. The van der Waals surface area contributed by atoms with E-state index >= 15 is 0 Å². The van der Waals surface area contributed by atoms with Crippen LogP contribution in [0.4, 0.5) is 4.39 Å². The van der Waals surface area contributed by atoms with E-state index < -0.39 is 11.2 Å². The smallest absolute Gasteiger partial charge is 0.131 e. The highest BCUT2D eigenvalue weighted by atomic mass is 35.5. The summed E-state index contributed by atoms with van der Waals surface area (Å²) in [5, 5.41) is -0.674. The van der Waals surface area contributed by atoms with E-state index in [1.54, 1.807) is 18.2 Å². The van der Waals surface area contributed by atoms with Crippen LogP contribution in [0.15, 0.2) is 24.3 Å². The standard InChI is InChI=1S/C12H8Cl3FOS/c1-17-6-2-3-7(9(16)4-6)11(14)8-5-10(13)18-12(8)15/h2-5,11H,1H3. The Kier molecular flexibility index (Phi) is 4.38. The molecule has 0 N–H and O–H groups in total. The zero-order chi connectivity index (χ0) is 13.3. The molecule has 1 atom stereocenters. The number of benzene rings is 1. The largest absolute Gasteiger partial charge is 0.497 e. The SMILES string of the molecule is COc1ccc(C(Cl)c2cc(Cl)sc2Cl)c(F)c1. The van der Waals surface area contributed by atoms with Gasteiger partial charge in [-0.2, -0.15) is 0 Å². The fraction of sp³-hybridized carbons (Fsp3) is 0.167. The molecule has 0 bridgehead atoms. The van der Waals surface area contributed by atoms with Crippen molar-refractivity contribution in [2.45, 2.75) is 5.38 Å². The molecule has 1 unspecified atom stereocenters. The summed E-state index contributed by atoms with van der Waals surface area (Å²) in [5.41, 5.74) is 0.950. The van der Waals surface area contributed by atoms with E-state index in [0.29, 0.717) is 25.5 Å². The van der Waals surface area contributed by atoms with Gasteiger partial charge in [-0.1, -0.05) is 29.3 Å². The van der Waals surface area contributed by atoms with Crippen molar-refractivity contribution in [1.29, 1.82) is 0 Å². The lowest BCUT2D eigenvalue weighted by molar-refractivity contribution is 0.411. The molecule has 0 radical (unpaired) electrons. The summed E-state index contributed by atoms with van der Waals surface area (Å²) < 4.78 is 19.8. The average molecular weight is 326 g/mol. The number of ether oxygens (including phenoxy) is 1. The molecule has 0 aliphatic rings. The van der Waals surface area contributed by atoms with E-state index in [1.165, 1.54) is 24.5 Å². The first-order valence-corrected chi connectivity index (χ1v) is 6.96. The second kappa shape index (κ2) is 5.66. The first-order valence-electron chi connectivity index (χ1n) is 4.95. The van der Waals surface area contributed by atoms with Gasteiger partial charge in [0.25, 0.3) is 0 Å². The molecule has 0 fully saturated rings. The molecule has 0 saturated heterocycles. The van der Waals surface area contributed by atoms with Gasteiger partial charge in [0.1, 0.15) is 11.6 Å². The number of halogens is 4. The Labute approximate surface area is 123 Å². The van der Waals surface area contributed by atoms with Gasteiger partial charge < -0.3 is 4.74 Å². The molecule has 1 aromatic carbocycles. The van der Waals surface area contributed by atoms with Gasteiger partial charge in [-0.15, -0.1) is 22.9 Å². The van der Waals surface area contributed by atoms with Gasteiger partial charge >= 0.3 is 0 Å². The normalized spacial score (nSPS) is 12.5. The van der Waals surface area contributed by atoms with Crippen LogP contribution in [-0.2, 0) is 0 Å². The van der Waals surface area contributed by atoms with Crippen molar-refractivity contribution in [2.75, 3.05) is 7.11 Å². The Morgan fingerprint density at radius 1 is 1.22 bits per heavy atom. The summed E-state index contributed by atoms with van der Waals surface area (Å²) in [6.07, 6.45) is 0. The van der Waals surface area contributed by atoms with E-state index in [0.717, 1.165) is 0 Å². The molecule has 0 saturated carbocycles. The minimum atomic E-state index is -0.674. The van der Waals surface area contributed by atoms with Crippen molar-refractivity contribution in [3.8, 4) is 5.75 Å². The van der Waals surface area contributed by atoms with Crippen molar-refractivity contribution in [1.82, 2.24) is 0 Å². The number of alkyl halides is 1. The maximum Gasteiger partial charge on any atom is 0.131 e. The van der Waals surface area contributed by atoms with E-state index in [-0.39, 0.29) is 0 Å². The Morgan fingerprint density at radius 2 is 1.94 bits per heavy atom. The van der Waals surface area contributed by atoms with Crippen LogP contribution >= 0.6 is 46.1 Å². The second-order valence-electron chi connectivity index (χ2n) is 3.53. The first-order chi connectivity index (χ1) is 8.52. The summed E-state index contributed by atoms with van der Waals surface area (Å²) in [4.78, 5) is 0. The molecule has 0 aliphatic carbocycles. The highest BCUT2D eigenvalue weighted by molar-refractivity contribution is 7.20. The van der Waals surface area contributed by atoms with Gasteiger partial charge in [-0.25, -0.2) is 4.39 Å². The quantitative estimate of drug-likeness (QED) is 0.674. The molecule has 6 heteroatoms. The summed E-state index contributed by atoms with van der Waals surface area (Å²) in [7, 11) is 1.47. The molecule has 0 amide bonds. The molecule has 1 aromatic heterocycles. The third kappa shape index (κ3) is 2.75. The van der Waals surface area contributed by atoms with Gasteiger partial charge in [0.05, 0.1) is 21.2 Å². The highest BCUT2D eigenvalue weighted by Crippen LogP contribution is 2.41. The Bertz CT molecular complexity index is 570. The first kappa shape index (κ1) is 13.9. The molecule has 0 aliphatic heterocycles. The van der Waals surface area contributed by atoms with E-state index in [1.807, 2.05) is 0 Å². The number of hydrogen-bond acceptors (Lipinski definition) is 2. The summed E-state index contributed by atoms with van der Waals surface area (Å²) in [6.45, 7) is 0. The van der Waals surface area contributed by atoms with Crippen molar-refractivity contribution in [3.05, 3.63) is 49.9 Å². The molecular formula is C12H8Cl3FOS. The summed E-state index contributed by atoms with van der Waals surface area (Å²) >= 11 is 19.3. The number of hydrogen-bond donors (Lipinski definition) is 0. The molecule has 96 valence electrons. The Hall–Kier alpha value is -0.480. The van der Waals surface area contributed by atoms with E-state index in [9.17, 15) is 4.39 Å². The van der Waals surface area contributed by atoms with Crippen molar-refractivity contribution in [2.24, 2.45) is 0 Å². The van der Waals surface area contributed by atoms with Crippen LogP contribution in [0.1, 0.15) is 16.5 Å². The van der Waals surface area contributed by atoms with E-state index in [2.05, 4.69) is 0 Å². The van der Waals surface area contributed by atoms with Crippen LogP contribution in [0.3, 0.4) is 0 Å². The Balaban J connectivity index is 2.39. The maximum atomic E-state index is 13.9. The van der Waals surface area contributed by atoms with Gasteiger partial charge in [-0.3, -0.25) is 0 Å². The van der Waals surface area contributed by atoms with E-state index in [4.69, 9.17) is 39.5 Å². The lowest BCUT2D eigenvalue weighted by Crippen LogP contribution is -1.97. The third-order valence-electron chi connectivity index (χ3n) is 2.44. The zero-order valence-corrected chi connectivity index (χ0v) is 12.3. The predicted molar refractivity (Wildman–Crippen MR) is 75.0 cm³/mol. The fourth-order valence-electron chi connectivity index (χ4n) is 1.53. The highest BCUT2D eigenvalue weighted by Gasteiger charge is 2.20. The molecule has 1 nitrogen and oxygen atoms in total. The predicted octanol–water partition coefficient (Wildman–Crippen LogP) is 5.53. The Morgan fingerprint density at radius 3 is 2.44 bits per heavy atom. The van der Waals surface area contributed by atoms with Crippen molar-refractivity contribution < 1.29 is 9.13 Å². The fourth-order valence-corrected chi connectivity index (χ4v) is 3.54. The molecule has 2 aromatic rings. The number of rotatable bonds is 3. The van der Waals surface area contributed by atoms with Crippen LogP contribution in [-0.4, -0.2) is 7.11 Å². The van der Waals surface area contributed by atoms with Crippen LogP contribution in [0.5, 0.6) is 5.75 Å². The monoisotopic (exact) mass is 324 g/mol. The zero-order valence-electron chi connectivity index (χ0n) is 9.22. The van der Waals surface area contributed by atoms with Gasteiger partial charge in [-0.05, 0) is 12.1 Å². The third-order valence-corrected chi connectivity index (χ3v) is 4.42. The molecule has 0 spiro atoms. The van der Waals surface area contributed by atoms with Crippen LogP contribution in [0.2, 0.25) is 8.67 Å².